The van der Waals surface area contributed by atoms with E-state index in [2.05, 4.69) is 4.98 Å². The fourth-order valence-corrected chi connectivity index (χ4v) is 1.29. The van der Waals surface area contributed by atoms with E-state index in [-0.39, 0.29) is 12.9 Å². The smallest absolute Gasteiger partial charge is 0.175 e. The molecule has 0 aliphatic carbocycles. The Labute approximate surface area is 89.6 Å². The molecule has 0 spiro atoms. The fraction of sp³-hybridized carbons (Fsp3) is 0.700. The second-order valence-corrected chi connectivity index (χ2v) is 3.06. The summed E-state index contributed by atoms with van der Waals surface area (Å²) in [5, 5.41) is 8.85. The van der Waals surface area contributed by atoms with Crippen molar-refractivity contribution in [1.29, 1.82) is 0 Å². The topological polar surface area (TPSA) is 56.5 Å². The minimum atomic E-state index is -0.249. The van der Waals surface area contributed by atoms with Crippen LogP contribution in [-0.4, -0.2) is 34.2 Å². The highest BCUT2D eigenvalue weighted by Crippen LogP contribution is 2.02. The molecule has 0 saturated heterocycles. The Morgan fingerprint density at radius 3 is 2.53 bits per heavy atom. The molecule has 0 radical (unpaired) electrons. The van der Waals surface area contributed by atoms with Gasteiger partial charge in [-0.25, -0.2) is 4.98 Å². The summed E-state index contributed by atoms with van der Waals surface area (Å²) in [6, 6.07) is 0. The lowest BCUT2D eigenvalue weighted by Gasteiger charge is -2.16. The molecular weight excluding hydrogens is 196 g/mol. The molecule has 0 aliphatic heterocycles. The van der Waals surface area contributed by atoms with E-state index < -0.39 is 0 Å². The zero-order valence-corrected chi connectivity index (χ0v) is 9.22. The number of aliphatic hydroxyl groups is 1. The zero-order chi connectivity index (χ0) is 11.1. The summed E-state index contributed by atoms with van der Waals surface area (Å²) in [5.41, 5.74) is 0.654. The van der Waals surface area contributed by atoms with E-state index in [4.69, 9.17) is 14.6 Å². The minimum Gasteiger partial charge on any atom is -0.390 e. The number of imidazole rings is 1. The van der Waals surface area contributed by atoms with E-state index >= 15 is 0 Å². The summed E-state index contributed by atoms with van der Waals surface area (Å²) >= 11 is 0. The number of hydrogen-bond donors (Lipinski definition) is 1. The van der Waals surface area contributed by atoms with E-state index in [1.165, 1.54) is 0 Å². The lowest BCUT2D eigenvalue weighted by molar-refractivity contribution is -0.143. The first-order valence-electron chi connectivity index (χ1n) is 5.14. The molecule has 0 fully saturated rings. The third-order valence-electron chi connectivity index (χ3n) is 1.91. The summed E-state index contributed by atoms with van der Waals surface area (Å²) in [4.78, 5) is 4.01. The van der Waals surface area contributed by atoms with Gasteiger partial charge in [0.1, 0.15) is 0 Å². The SMILES string of the molecule is CCOC(Cn1cnc(CO)c1)OCC. The Kier molecular flexibility index (Phi) is 5.31. The van der Waals surface area contributed by atoms with Crippen LogP contribution in [0.2, 0.25) is 0 Å². The Hall–Kier alpha value is -0.910. The molecule has 0 aliphatic rings. The van der Waals surface area contributed by atoms with E-state index in [9.17, 15) is 0 Å². The van der Waals surface area contributed by atoms with E-state index in [0.29, 0.717) is 25.5 Å². The minimum absolute atomic E-state index is 0.0407. The lowest BCUT2D eigenvalue weighted by atomic mass is 10.5. The van der Waals surface area contributed by atoms with Crippen LogP contribution in [0.15, 0.2) is 12.5 Å². The third-order valence-corrected chi connectivity index (χ3v) is 1.91. The molecule has 5 heteroatoms. The van der Waals surface area contributed by atoms with Gasteiger partial charge in [0, 0.05) is 19.4 Å². The predicted octanol–water partition coefficient (Wildman–Crippen LogP) is 0.774. The first-order chi connectivity index (χ1) is 7.30. The van der Waals surface area contributed by atoms with Crippen molar-refractivity contribution < 1.29 is 14.6 Å². The van der Waals surface area contributed by atoms with Crippen LogP contribution >= 0.6 is 0 Å². The molecule has 1 heterocycles. The molecule has 0 amide bonds. The summed E-state index contributed by atoms with van der Waals surface area (Å²) in [5.74, 6) is 0. The van der Waals surface area contributed by atoms with Crippen LogP contribution in [0.1, 0.15) is 19.5 Å². The molecular formula is C10H18N2O3. The molecule has 86 valence electrons. The van der Waals surface area contributed by atoms with E-state index in [0.717, 1.165) is 0 Å². The number of rotatable bonds is 7. The highest BCUT2D eigenvalue weighted by molar-refractivity contribution is 4.94. The van der Waals surface area contributed by atoms with Crippen molar-refractivity contribution in [2.24, 2.45) is 0 Å². The number of ether oxygens (including phenoxy) is 2. The van der Waals surface area contributed by atoms with Crippen molar-refractivity contribution in [3.05, 3.63) is 18.2 Å². The molecule has 0 unspecified atom stereocenters. The summed E-state index contributed by atoms with van der Waals surface area (Å²) in [6.45, 7) is 5.65. The summed E-state index contributed by atoms with van der Waals surface area (Å²) in [7, 11) is 0. The molecule has 1 aromatic rings. The van der Waals surface area contributed by atoms with Gasteiger partial charge in [0.15, 0.2) is 6.29 Å². The second-order valence-electron chi connectivity index (χ2n) is 3.06. The van der Waals surface area contributed by atoms with Crippen LogP contribution in [-0.2, 0) is 22.6 Å². The highest BCUT2D eigenvalue weighted by atomic mass is 16.7. The normalized spacial score (nSPS) is 11.2. The van der Waals surface area contributed by atoms with Crippen molar-refractivity contribution in [3.63, 3.8) is 0 Å². The monoisotopic (exact) mass is 214 g/mol. The van der Waals surface area contributed by atoms with Gasteiger partial charge in [-0.3, -0.25) is 0 Å². The maximum Gasteiger partial charge on any atom is 0.175 e. The average Bonchev–Trinajstić information content (AvgIpc) is 2.66. The van der Waals surface area contributed by atoms with Gasteiger partial charge in [-0.2, -0.15) is 0 Å². The first kappa shape index (κ1) is 12.2. The zero-order valence-electron chi connectivity index (χ0n) is 9.22. The van der Waals surface area contributed by atoms with Crippen LogP contribution < -0.4 is 0 Å². The first-order valence-corrected chi connectivity index (χ1v) is 5.14. The van der Waals surface area contributed by atoms with Gasteiger partial charge < -0.3 is 19.1 Å². The van der Waals surface area contributed by atoms with Crippen molar-refractivity contribution in [2.45, 2.75) is 33.3 Å². The van der Waals surface area contributed by atoms with Crippen LogP contribution in [0.5, 0.6) is 0 Å². The van der Waals surface area contributed by atoms with Crippen LogP contribution in [0.4, 0.5) is 0 Å². The van der Waals surface area contributed by atoms with Gasteiger partial charge in [-0.1, -0.05) is 0 Å². The third kappa shape index (κ3) is 3.99. The number of hydrogen-bond acceptors (Lipinski definition) is 4. The number of aromatic nitrogens is 2. The van der Waals surface area contributed by atoms with Gasteiger partial charge >= 0.3 is 0 Å². The van der Waals surface area contributed by atoms with Gasteiger partial charge in [0.2, 0.25) is 0 Å². The molecule has 0 saturated carbocycles. The molecule has 0 bridgehead atoms. The largest absolute Gasteiger partial charge is 0.390 e. The van der Waals surface area contributed by atoms with Gasteiger partial charge in [0.05, 0.1) is 25.2 Å². The molecule has 15 heavy (non-hydrogen) atoms. The standard InChI is InChI=1S/C10H18N2O3/c1-3-14-10(15-4-2)6-12-5-9(7-13)11-8-12/h5,8,10,13H,3-4,6-7H2,1-2H3. The fourth-order valence-electron chi connectivity index (χ4n) is 1.29. The number of nitrogens with zero attached hydrogens (tertiary/aromatic N) is 2. The molecule has 0 aromatic carbocycles. The van der Waals surface area contributed by atoms with E-state index in [1.54, 1.807) is 12.5 Å². The molecule has 0 atom stereocenters. The molecule has 1 rings (SSSR count). The lowest BCUT2D eigenvalue weighted by Crippen LogP contribution is -2.23. The van der Waals surface area contributed by atoms with Gasteiger partial charge in [-0.05, 0) is 13.8 Å². The van der Waals surface area contributed by atoms with Crippen LogP contribution in [0, 0.1) is 0 Å². The molecule has 1 N–H and O–H groups in total. The maximum absolute atomic E-state index is 8.85. The van der Waals surface area contributed by atoms with Crippen LogP contribution in [0.3, 0.4) is 0 Å². The maximum atomic E-state index is 8.85. The van der Waals surface area contributed by atoms with Gasteiger partial charge in [0.25, 0.3) is 0 Å². The predicted molar refractivity (Wildman–Crippen MR) is 55.2 cm³/mol. The Balaban J connectivity index is 2.48. The molecule has 1 aromatic heterocycles. The van der Waals surface area contributed by atoms with Crippen molar-refractivity contribution in [1.82, 2.24) is 9.55 Å². The summed E-state index contributed by atoms with van der Waals surface area (Å²) < 4.78 is 12.6. The van der Waals surface area contributed by atoms with Crippen molar-refractivity contribution in [2.75, 3.05) is 13.2 Å². The van der Waals surface area contributed by atoms with E-state index in [1.807, 2.05) is 18.4 Å². The second kappa shape index (κ2) is 6.55. The molecule has 5 nitrogen and oxygen atoms in total. The highest BCUT2D eigenvalue weighted by Gasteiger charge is 2.09. The quantitative estimate of drug-likeness (QED) is 0.681. The Morgan fingerprint density at radius 2 is 2.07 bits per heavy atom. The summed E-state index contributed by atoms with van der Waals surface area (Å²) in [6.07, 6.45) is 3.20. The number of aliphatic hydroxyl groups excluding tert-OH is 1. The Morgan fingerprint density at radius 1 is 1.40 bits per heavy atom. The van der Waals surface area contributed by atoms with Crippen molar-refractivity contribution in [3.8, 4) is 0 Å². The average molecular weight is 214 g/mol. The van der Waals surface area contributed by atoms with Crippen molar-refractivity contribution >= 4 is 0 Å². The Bertz CT molecular complexity index is 269. The van der Waals surface area contributed by atoms with Gasteiger partial charge in [-0.15, -0.1) is 0 Å². The van der Waals surface area contributed by atoms with Crippen LogP contribution in [0.25, 0.3) is 0 Å².